The number of nitrogens with one attached hydrogen (secondary N) is 4. The molecule has 8 aromatic rings. The first-order valence-electron chi connectivity index (χ1n) is 20.1. The summed E-state index contributed by atoms with van der Waals surface area (Å²) in [6.45, 7) is 0. The van der Waals surface area contributed by atoms with Crippen molar-refractivity contribution in [1.82, 2.24) is 19.9 Å². The fraction of sp³-hybridized carbons (Fsp3) is 0.0208. The van der Waals surface area contributed by atoms with Crippen LogP contribution in [0.4, 0.5) is 87.8 Å². The third kappa shape index (κ3) is 7.05. The second kappa shape index (κ2) is 17.1. The van der Waals surface area contributed by atoms with Gasteiger partial charge in [-0.2, -0.15) is 0 Å². The predicted molar refractivity (Wildman–Crippen MR) is 214 cm³/mol. The number of halogens is 20. The van der Waals surface area contributed by atoms with Gasteiger partial charge < -0.3 is 19.9 Å². The first kappa shape index (κ1) is 48.1. The maximum Gasteiger partial charge on any atom is 0.200 e. The average Bonchev–Trinajstić information content (AvgIpc) is 4.26. The Hall–Kier alpha value is -8.51. The third-order valence-corrected chi connectivity index (χ3v) is 11.9. The van der Waals surface area contributed by atoms with E-state index in [2.05, 4.69) is 24.9 Å². The lowest BCUT2D eigenvalue weighted by molar-refractivity contribution is 0.369. The maximum absolute atomic E-state index is 16.0. The number of aromatic nitrogens is 4. The number of benzene rings is 4. The van der Waals surface area contributed by atoms with Crippen molar-refractivity contribution in [1.29, 1.82) is 0 Å². The van der Waals surface area contributed by atoms with Crippen LogP contribution in [-0.4, -0.2) is 25.6 Å². The largest absolute Gasteiger partial charge is 0.360 e. The van der Waals surface area contributed by atoms with Crippen LogP contribution in [0, 0.1) is 116 Å². The highest BCUT2D eigenvalue weighted by Gasteiger charge is 2.38. The van der Waals surface area contributed by atoms with Gasteiger partial charge in [-0.15, -0.1) is 0 Å². The summed E-state index contributed by atoms with van der Waals surface area (Å²) in [5.74, 6) is -53.8. The molecule has 0 fully saturated rings. The Morgan fingerprint density at radius 1 is 0.356 bits per heavy atom. The molecule has 10 rings (SSSR count). The monoisotopic (exact) mass is 1040 g/mol. The van der Waals surface area contributed by atoms with E-state index in [1.165, 1.54) is 0 Å². The zero-order valence-electron chi connectivity index (χ0n) is 34.9. The van der Waals surface area contributed by atoms with Crippen molar-refractivity contribution in [2.45, 2.75) is 5.92 Å². The Bertz CT molecular complexity index is 3880. The van der Waals surface area contributed by atoms with E-state index < -0.39 is 206 Å². The van der Waals surface area contributed by atoms with Crippen LogP contribution in [0.25, 0.3) is 28.1 Å². The lowest BCUT2D eigenvalue weighted by Gasteiger charge is -2.19. The molecule has 0 amide bonds. The van der Waals surface area contributed by atoms with E-state index in [1.807, 2.05) is 0 Å². The Morgan fingerprint density at radius 2 is 0.767 bits per heavy atom. The van der Waals surface area contributed by atoms with E-state index in [-0.39, 0.29) is 11.4 Å². The Morgan fingerprint density at radius 3 is 1.27 bits per heavy atom. The van der Waals surface area contributed by atoms with Gasteiger partial charge in [0, 0.05) is 62.3 Å². The fourth-order valence-electron chi connectivity index (χ4n) is 8.57. The summed E-state index contributed by atoms with van der Waals surface area (Å²) in [6.07, 6.45) is 3.01. The minimum atomic E-state index is -2.72. The summed E-state index contributed by atoms with van der Waals surface area (Å²) in [4.78, 5) is 13.9. The Balaban J connectivity index is 1.40. The highest BCUT2D eigenvalue weighted by molar-refractivity contribution is 6.30. The summed E-state index contributed by atoms with van der Waals surface area (Å²) in [6, 6.07) is 4.88. The third-order valence-electron chi connectivity index (χ3n) is 11.9. The maximum atomic E-state index is 16.0. The van der Waals surface area contributed by atoms with Gasteiger partial charge in [-0.05, 0) is 54.1 Å². The van der Waals surface area contributed by atoms with Gasteiger partial charge in [-0.3, -0.25) is 0 Å². The minimum absolute atomic E-state index is 0.257. The van der Waals surface area contributed by atoms with Gasteiger partial charge in [0.25, 0.3) is 0 Å². The van der Waals surface area contributed by atoms with Crippen LogP contribution in [0.2, 0.25) is 0 Å². The molecule has 6 heterocycles. The van der Waals surface area contributed by atoms with Gasteiger partial charge >= 0.3 is 0 Å². The van der Waals surface area contributed by atoms with Crippen molar-refractivity contribution in [3.8, 4) is 11.4 Å². The second-order valence-corrected chi connectivity index (χ2v) is 15.9. The average molecular weight is 1040 g/mol. The highest BCUT2D eigenvalue weighted by Crippen LogP contribution is 2.43. The van der Waals surface area contributed by atoms with Gasteiger partial charge in [0.15, 0.2) is 93.1 Å². The summed E-state index contributed by atoms with van der Waals surface area (Å²) >= 11 is 0. The van der Waals surface area contributed by atoms with E-state index in [4.69, 9.17) is 0 Å². The van der Waals surface area contributed by atoms with Gasteiger partial charge in [-0.25, -0.2) is 92.8 Å². The molecule has 2 aliphatic rings. The lowest BCUT2D eigenvalue weighted by atomic mass is 9.88. The van der Waals surface area contributed by atoms with E-state index in [9.17, 15) is 35.1 Å². The summed E-state index contributed by atoms with van der Waals surface area (Å²) in [7, 11) is 0. The quantitative estimate of drug-likeness (QED) is 0.0770. The van der Waals surface area contributed by atoms with Crippen molar-refractivity contribution in [2.24, 2.45) is 4.99 Å². The number of nitrogens with zero attached hydrogens (tertiary/aromatic N) is 1. The molecule has 10 bridgehead atoms. The molecule has 73 heavy (non-hydrogen) atoms. The van der Waals surface area contributed by atoms with Gasteiger partial charge in [0.05, 0.1) is 45.4 Å². The number of aromatic amines is 4. The first-order chi connectivity index (χ1) is 34.5. The number of H-pyrrole nitrogens is 4. The number of aliphatic imine (C=N–C) groups is 1. The van der Waals surface area contributed by atoms with Crippen molar-refractivity contribution in [3.63, 3.8) is 0 Å². The van der Waals surface area contributed by atoms with Crippen LogP contribution in [0.1, 0.15) is 50.7 Å². The molecule has 25 heteroatoms. The zero-order chi connectivity index (χ0) is 52.5. The molecule has 1 atom stereocenters. The van der Waals surface area contributed by atoms with E-state index in [1.54, 1.807) is 0 Å². The van der Waals surface area contributed by atoms with Crippen molar-refractivity contribution in [2.75, 3.05) is 0 Å². The summed E-state index contributed by atoms with van der Waals surface area (Å²) in [5.41, 5.74) is -15.8. The minimum Gasteiger partial charge on any atom is -0.360 e. The van der Waals surface area contributed by atoms with E-state index in [0.29, 0.717) is 12.2 Å². The Labute approximate surface area is 390 Å². The van der Waals surface area contributed by atoms with E-state index >= 15 is 52.7 Å². The van der Waals surface area contributed by atoms with Gasteiger partial charge in [0.2, 0.25) is 23.3 Å². The van der Waals surface area contributed by atoms with Crippen LogP contribution in [0.3, 0.4) is 0 Å². The van der Waals surface area contributed by atoms with Gasteiger partial charge in [-0.1, -0.05) is 0 Å². The zero-order valence-corrected chi connectivity index (χ0v) is 34.9. The standard InChI is InChI=1S/C48H15F20N5/c49-29-25(30(50)38(58)45(65)37(29)57)21-11-7-19(69-9-11)20-8-12(10-70-20)22(26-31(51)39(59)46(66)40(60)32(26)52)14-2-4-16(72-14)24(28-35(55)43(63)48(68)44(64)36(28)56)18-6-5-17(73-18)23(15-3-1-13(21)71-15)27-33(53)41(61)47(67)42(62)34(27)54/h1-10,21,69-72H/b22-14+,23-17+,24-16+. The van der Waals surface area contributed by atoms with Gasteiger partial charge in [0.1, 0.15) is 0 Å². The summed E-state index contributed by atoms with van der Waals surface area (Å²) in [5, 5.41) is -1.65. The number of fused-ring (bicyclic) bond motifs is 10. The SMILES string of the molecule is Fc1c(F)c(F)c(/C2=C3\C=CC(=N3)/C(c3c(F)c(F)c(F)c(F)c3F)=c3/cc/c([nH]3)=C(\c3c(F)c(F)c(F)c(F)c3F)c3c[nH]c(c3)-c3cc(c[nH]3)C(c3c(F)c(F)c(F)c(F)c3F)c3ccc2[nH]3)c(F)c1F. The molecule has 0 radical (unpaired) electrons. The molecule has 372 valence electrons. The van der Waals surface area contributed by atoms with E-state index in [0.717, 1.165) is 48.8 Å². The molecular weight excluding hydrogens is 1030 g/mol. The Kier molecular flexibility index (Phi) is 11.3. The summed E-state index contributed by atoms with van der Waals surface area (Å²) < 4.78 is 305. The molecular formula is C48H15F20N5. The van der Waals surface area contributed by atoms with Crippen LogP contribution in [-0.2, 0) is 0 Å². The van der Waals surface area contributed by atoms with Crippen LogP contribution in [0.15, 0.2) is 71.6 Å². The topological polar surface area (TPSA) is 75.5 Å². The molecule has 0 aliphatic carbocycles. The van der Waals surface area contributed by atoms with Crippen LogP contribution >= 0.6 is 0 Å². The molecule has 4 aromatic carbocycles. The smallest absolute Gasteiger partial charge is 0.200 e. The normalized spacial score (nSPS) is 17.1. The lowest BCUT2D eigenvalue weighted by Crippen LogP contribution is -2.22. The number of hydrogen-bond donors (Lipinski definition) is 4. The number of allylic oxidation sites excluding steroid dienone is 2. The molecule has 1 unspecified atom stereocenters. The molecule has 0 saturated heterocycles. The second-order valence-electron chi connectivity index (χ2n) is 15.9. The highest BCUT2D eigenvalue weighted by atomic mass is 19.2. The van der Waals surface area contributed by atoms with Crippen molar-refractivity contribution < 1.29 is 87.8 Å². The first-order valence-corrected chi connectivity index (χ1v) is 20.1. The molecule has 4 N–H and O–H groups in total. The molecule has 0 spiro atoms. The molecule has 4 aromatic heterocycles. The van der Waals surface area contributed by atoms with Crippen LogP contribution < -0.4 is 10.7 Å². The van der Waals surface area contributed by atoms with Crippen molar-refractivity contribution >= 4 is 22.4 Å². The number of rotatable bonds is 4. The van der Waals surface area contributed by atoms with Crippen molar-refractivity contribution in [3.05, 3.63) is 238 Å². The molecule has 5 nitrogen and oxygen atoms in total. The number of hydrogen-bond acceptors (Lipinski definition) is 1. The van der Waals surface area contributed by atoms with Crippen LogP contribution in [0.5, 0.6) is 0 Å². The molecule has 0 saturated carbocycles. The fourth-order valence-corrected chi connectivity index (χ4v) is 8.57. The molecule has 2 aliphatic heterocycles. The predicted octanol–water partition coefficient (Wildman–Crippen LogP) is 11.9.